The number of nitrogens with two attached hydrogens (primary N) is 1. The van der Waals surface area contributed by atoms with Crippen molar-refractivity contribution < 1.29 is 24.5 Å². The fourth-order valence-corrected chi connectivity index (χ4v) is 11.7. The standard InChI is InChI=1S/C28H45NO5/c1-15-12-16(13-33-23(29)32)34-21-20(15)25(4)10-11-28-14-27(28)9-8-19(30)24(2,3)17(27)6-7-18(28)26(25,5)22(21)31/h15-22,30-31H,6-14H2,1-5H3,(H2,29,32)/t15-,16?,17+,18?,19+,20+,21?,22+,25-,26-,27?,28+/m1/s1. The van der Waals surface area contributed by atoms with Crippen molar-refractivity contribution in [1.29, 1.82) is 0 Å². The fourth-order valence-electron chi connectivity index (χ4n) is 11.7. The minimum atomic E-state index is -0.767. The van der Waals surface area contributed by atoms with Gasteiger partial charge in [-0.05, 0) is 96.7 Å². The van der Waals surface area contributed by atoms with Crippen LogP contribution < -0.4 is 5.73 Å². The minimum absolute atomic E-state index is 0.0259. The molecule has 0 radical (unpaired) electrons. The van der Waals surface area contributed by atoms with E-state index in [4.69, 9.17) is 15.2 Å². The molecule has 34 heavy (non-hydrogen) atoms. The van der Waals surface area contributed by atoms with E-state index in [0.717, 1.165) is 38.5 Å². The first-order valence-corrected chi connectivity index (χ1v) is 13.8. The number of hydrogen-bond acceptors (Lipinski definition) is 5. The van der Waals surface area contributed by atoms with E-state index in [1.165, 1.54) is 12.8 Å². The Labute approximate surface area is 204 Å². The van der Waals surface area contributed by atoms with Crippen molar-refractivity contribution >= 4 is 6.09 Å². The highest BCUT2D eigenvalue weighted by molar-refractivity contribution is 5.64. The monoisotopic (exact) mass is 475 g/mol. The summed E-state index contributed by atoms with van der Waals surface area (Å²) in [7, 11) is 0. The van der Waals surface area contributed by atoms with Gasteiger partial charge in [0.2, 0.25) is 0 Å². The molecule has 6 heteroatoms. The van der Waals surface area contributed by atoms with Crippen LogP contribution in [0.2, 0.25) is 0 Å². The summed E-state index contributed by atoms with van der Waals surface area (Å²) in [5.74, 6) is 1.78. The molecule has 5 aliphatic carbocycles. The Hall–Kier alpha value is -0.850. The molecular formula is C28H45NO5. The molecule has 0 aromatic rings. The Bertz CT molecular complexity index is 892. The summed E-state index contributed by atoms with van der Waals surface area (Å²) < 4.78 is 11.6. The van der Waals surface area contributed by atoms with Gasteiger partial charge in [-0.2, -0.15) is 0 Å². The van der Waals surface area contributed by atoms with Gasteiger partial charge >= 0.3 is 6.09 Å². The van der Waals surface area contributed by atoms with Crippen molar-refractivity contribution in [2.45, 2.75) is 110 Å². The van der Waals surface area contributed by atoms with Crippen LogP contribution in [0, 0.1) is 50.7 Å². The van der Waals surface area contributed by atoms with Crippen LogP contribution in [0.15, 0.2) is 0 Å². The molecule has 4 unspecified atom stereocenters. The van der Waals surface area contributed by atoms with Crippen LogP contribution in [0.25, 0.3) is 0 Å². The minimum Gasteiger partial charge on any atom is -0.447 e. The van der Waals surface area contributed by atoms with Gasteiger partial charge in [-0.1, -0.05) is 34.6 Å². The number of rotatable bonds is 2. The van der Waals surface area contributed by atoms with E-state index in [1.807, 2.05) is 0 Å². The third kappa shape index (κ3) is 2.51. The highest BCUT2D eigenvalue weighted by atomic mass is 16.6. The van der Waals surface area contributed by atoms with Crippen LogP contribution >= 0.6 is 0 Å². The highest BCUT2D eigenvalue weighted by Crippen LogP contribution is 2.89. The first-order valence-electron chi connectivity index (χ1n) is 13.8. The predicted molar refractivity (Wildman–Crippen MR) is 128 cm³/mol. The second-order valence-corrected chi connectivity index (χ2v) is 14.3. The van der Waals surface area contributed by atoms with E-state index in [0.29, 0.717) is 34.5 Å². The topological polar surface area (TPSA) is 102 Å². The Balaban J connectivity index is 1.34. The lowest BCUT2D eigenvalue weighted by Crippen LogP contribution is -2.59. The number of primary amides is 1. The average Bonchev–Trinajstić information content (AvgIpc) is 3.40. The molecule has 1 amide bonds. The van der Waals surface area contributed by atoms with E-state index in [1.54, 1.807) is 0 Å². The van der Waals surface area contributed by atoms with E-state index in [-0.39, 0.29) is 41.2 Å². The van der Waals surface area contributed by atoms with Gasteiger partial charge in [0.25, 0.3) is 0 Å². The molecule has 6 rings (SSSR count). The molecule has 6 aliphatic rings. The first kappa shape index (κ1) is 23.5. The van der Waals surface area contributed by atoms with Crippen LogP contribution in [0.5, 0.6) is 0 Å². The third-order valence-electron chi connectivity index (χ3n) is 13.3. The molecule has 192 valence electrons. The lowest BCUT2D eigenvalue weighted by molar-refractivity contribution is -0.182. The normalized spacial score (nSPS) is 59.0. The number of aliphatic hydroxyl groups excluding tert-OH is 2. The zero-order chi connectivity index (χ0) is 24.5. The zero-order valence-corrected chi connectivity index (χ0v) is 21.7. The fraction of sp³-hybridized carbons (Fsp3) is 0.964. The number of carbonyl (C=O) groups is 1. The Morgan fingerprint density at radius 2 is 1.71 bits per heavy atom. The SMILES string of the molecule is C[C@@H]1CC(COC(N)=O)OC2[C@H]1[C@@]1(C)CC[C@@]34CC35CC[C@H](O)C(C)(C)[C@@H]5CCC4[C@]1(C)[C@H]2O. The van der Waals surface area contributed by atoms with Crippen molar-refractivity contribution in [3.05, 3.63) is 0 Å². The molecule has 6 fully saturated rings. The van der Waals surface area contributed by atoms with Gasteiger partial charge < -0.3 is 25.4 Å². The third-order valence-corrected chi connectivity index (χ3v) is 13.3. The second kappa shape index (κ2) is 6.92. The number of carbonyl (C=O) groups excluding carboxylic acids is 1. The van der Waals surface area contributed by atoms with Crippen molar-refractivity contribution in [2.75, 3.05) is 6.61 Å². The summed E-state index contributed by atoms with van der Waals surface area (Å²) in [5, 5.41) is 22.9. The molecule has 1 aliphatic heterocycles. The lowest BCUT2D eigenvalue weighted by Gasteiger charge is -2.63. The molecule has 4 N–H and O–H groups in total. The van der Waals surface area contributed by atoms with Crippen molar-refractivity contribution in [2.24, 2.45) is 56.5 Å². The summed E-state index contributed by atoms with van der Waals surface area (Å²) in [6.07, 6.45) is 6.99. The van der Waals surface area contributed by atoms with Crippen LogP contribution in [-0.2, 0) is 9.47 Å². The van der Waals surface area contributed by atoms with E-state index in [2.05, 4.69) is 34.6 Å². The van der Waals surface area contributed by atoms with E-state index >= 15 is 0 Å². The average molecular weight is 476 g/mol. The van der Waals surface area contributed by atoms with Crippen molar-refractivity contribution in [3.8, 4) is 0 Å². The number of amides is 1. The molecular weight excluding hydrogens is 430 g/mol. The largest absolute Gasteiger partial charge is 0.447 e. The summed E-state index contributed by atoms with van der Waals surface area (Å²) >= 11 is 0. The molecule has 2 spiro atoms. The molecule has 5 saturated carbocycles. The zero-order valence-electron chi connectivity index (χ0n) is 21.7. The van der Waals surface area contributed by atoms with Gasteiger partial charge in [-0.25, -0.2) is 4.79 Å². The molecule has 6 nitrogen and oxygen atoms in total. The van der Waals surface area contributed by atoms with Gasteiger partial charge in [0.1, 0.15) is 6.61 Å². The quantitative estimate of drug-likeness (QED) is 0.554. The molecule has 0 aromatic heterocycles. The number of fused-ring (bicyclic) bond motifs is 4. The number of hydrogen-bond donors (Lipinski definition) is 3. The number of ether oxygens (including phenoxy) is 2. The van der Waals surface area contributed by atoms with Gasteiger partial charge in [0.15, 0.2) is 0 Å². The van der Waals surface area contributed by atoms with Crippen LogP contribution in [0.4, 0.5) is 4.79 Å². The summed E-state index contributed by atoms with van der Waals surface area (Å²) in [6, 6.07) is 0. The Kier molecular flexibility index (Phi) is 4.79. The first-order chi connectivity index (χ1) is 15.8. The van der Waals surface area contributed by atoms with Crippen molar-refractivity contribution in [3.63, 3.8) is 0 Å². The second-order valence-electron chi connectivity index (χ2n) is 14.3. The maximum atomic E-state index is 12.1. The smallest absolute Gasteiger partial charge is 0.404 e. The number of aliphatic hydroxyl groups is 2. The molecule has 12 atom stereocenters. The molecule has 0 aromatic carbocycles. The summed E-state index contributed by atoms with van der Waals surface area (Å²) in [5.41, 5.74) is 5.68. The Morgan fingerprint density at radius 3 is 2.41 bits per heavy atom. The van der Waals surface area contributed by atoms with Gasteiger partial charge in [-0.3, -0.25) is 0 Å². The van der Waals surface area contributed by atoms with Crippen molar-refractivity contribution in [1.82, 2.24) is 0 Å². The van der Waals surface area contributed by atoms with Gasteiger partial charge in [-0.15, -0.1) is 0 Å². The van der Waals surface area contributed by atoms with E-state index < -0.39 is 12.2 Å². The van der Waals surface area contributed by atoms with Crippen LogP contribution in [0.3, 0.4) is 0 Å². The van der Waals surface area contributed by atoms with Gasteiger partial charge in [0, 0.05) is 5.41 Å². The lowest BCUT2D eigenvalue weighted by atomic mass is 9.41. The summed E-state index contributed by atoms with van der Waals surface area (Å²) in [6.45, 7) is 11.9. The Morgan fingerprint density at radius 1 is 1.03 bits per heavy atom. The summed E-state index contributed by atoms with van der Waals surface area (Å²) in [4.78, 5) is 11.2. The van der Waals surface area contributed by atoms with E-state index in [9.17, 15) is 15.0 Å². The van der Waals surface area contributed by atoms with Crippen LogP contribution in [0.1, 0.15) is 86.0 Å². The maximum absolute atomic E-state index is 12.1. The maximum Gasteiger partial charge on any atom is 0.404 e. The highest BCUT2D eigenvalue weighted by Gasteiger charge is 2.84. The van der Waals surface area contributed by atoms with Gasteiger partial charge in [0.05, 0.1) is 24.4 Å². The molecule has 1 heterocycles. The van der Waals surface area contributed by atoms with Crippen LogP contribution in [-0.4, -0.2) is 47.3 Å². The molecule has 0 bridgehead atoms. The predicted octanol–water partition coefficient (Wildman–Crippen LogP) is 4.26. The molecule has 1 saturated heterocycles.